The van der Waals surface area contributed by atoms with Crippen molar-refractivity contribution in [2.75, 3.05) is 44.0 Å². The predicted octanol–water partition coefficient (Wildman–Crippen LogP) is 6.85. The molecule has 0 fully saturated rings. The van der Waals surface area contributed by atoms with Crippen molar-refractivity contribution in [3.63, 3.8) is 0 Å². The Kier molecular flexibility index (Phi) is 13.9. The van der Waals surface area contributed by atoms with E-state index in [9.17, 15) is 32.7 Å². The Morgan fingerprint density at radius 2 is 1.67 bits per heavy atom. The molecule has 0 spiro atoms. The van der Waals surface area contributed by atoms with Crippen LogP contribution in [0.15, 0.2) is 72.8 Å². The highest BCUT2D eigenvalue weighted by atomic mass is 19.4. The largest absolute Gasteiger partial charge is 0.490 e. The Bertz CT molecular complexity index is 1610. The molecule has 51 heavy (non-hydrogen) atoms. The van der Waals surface area contributed by atoms with Gasteiger partial charge in [-0.3, -0.25) is 9.59 Å². The minimum Gasteiger partial charge on any atom is -0.490 e. The van der Waals surface area contributed by atoms with Crippen LogP contribution in [0.3, 0.4) is 0 Å². The van der Waals surface area contributed by atoms with Gasteiger partial charge in [-0.2, -0.15) is 13.2 Å². The Hall–Kier alpha value is -4.62. The number of carbonyl (C=O) groups is 3. The number of alkyl halides is 3. The first kappa shape index (κ1) is 39.2. The second-order valence-corrected chi connectivity index (χ2v) is 13.1. The molecule has 0 saturated heterocycles. The minimum absolute atomic E-state index is 0.0599. The fourth-order valence-electron chi connectivity index (χ4n) is 5.78. The van der Waals surface area contributed by atoms with Gasteiger partial charge >= 0.3 is 12.2 Å². The van der Waals surface area contributed by atoms with Crippen LogP contribution in [0.4, 0.5) is 29.3 Å². The number of nitrogens with one attached hydrogen (secondary N) is 2. The number of urea groups is 1. The van der Waals surface area contributed by atoms with E-state index in [2.05, 4.69) is 10.6 Å². The number of ether oxygens (including phenoxy) is 2. The van der Waals surface area contributed by atoms with Gasteiger partial charge in [0.1, 0.15) is 5.75 Å². The monoisotopic (exact) mass is 712 g/mol. The summed E-state index contributed by atoms with van der Waals surface area (Å²) in [5.41, 5.74) is 0.612. The zero-order valence-electron chi connectivity index (χ0n) is 29.4. The molecule has 0 unspecified atom stereocenters. The van der Waals surface area contributed by atoms with E-state index in [1.807, 2.05) is 44.2 Å². The molecule has 1 heterocycles. The first-order chi connectivity index (χ1) is 24.2. The zero-order valence-corrected chi connectivity index (χ0v) is 29.4. The van der Waals surface area contributed by atoms with Gasteiger partial charge in [-0.25, -0.2) is 4.79 Å². The van der Waals surface area contributed by atoms with E-state index in [4.69, 9.17) is 9.47 Å². The third-order valence-corrected chi connectivity index (χ3v) is 8.86. The summed E-state index contributed by atoms with van der Waals surface area (Å²) in [5.74, 6) is -0.450. The second-order valence-electron chi connectivity index (χ2n) is 13.1. The van der Waals surface area contributed by atoms with Gasteiger partial charge in [0.25, 0.3) is 5.91 Å². The Balaban J connectivity index is 1.56. The van der Waals surface area contributed by atoms with Gasteiger partial charge in [-0.15, -0.1) is 0 Å². The normalized spacial score (nSPS) is 19.6. The van der Waals surface area contributed by atoms with Crippen LogP contribution in [-0.4, -0.2) is 84.4 Å². The van der Waals surface area contributed by atoms with E-state index < -0.39 is 35.8 Å². The van der Waals surface area contributed by atoms with Crippen molar-refractivity contribution in [2.45, 2.75) is 70.9 Å². The molecule has 0 aliphatic carbocycles. The number of rotatable bonds is 8. The first-order valence-corrected chi connectivity index (χ1v) is 17.1. The number of fused-ring (bicyclic) bond motifs is 1. The molecule has 1 aliphatic heterocycles. The maximum Gasteiger partial charge on any atom is 0.416 e. The lowest BCUT2D eigenvalue weighted by molar-refractivity contribution is -0.137. The standard InChI is InChI=1S/C38H47F3N4O6/c1-25-22-45(26(2)24-46)36(48)32-21-31(43-37(49)42-30-15-13-29(14-16-30)38(39,40)41)17-18-33(32)51-27(3)10-8-9-19-50-34(25)23-44(4)35(47)20-28-11-6-5-7-12-28/h5-7,11-18,21,25-27,34,46H,8-10,19-20,22-24H2,1-4H3,(H2,42,43,49)/t25-,26+,27+,34-/m0/s1. The number of likely N-dealkylation sites (N-methyl/N-ethyl adjacent to an activating group) is 1. The number of nitrogens with zero attached hydrogens (tertiary/aromatic N) is 2. The first-order valence-electron chi connectivity index (χ1n) is 17.1. The molecule has 4 rings (SSSR count). The van der Waals surface area contributed by atoms with Crippen molar-refractivity contribution in [2.24, 2.45) is 5.92 Å². The summed E-state index contributed by atoms with van der Waals surface area (Å²) in [6, 6.07) is 16.8. The van der Waals surface area contributed by atoms with Crippen LogP contribution in [0, 0.1) is 5.92 Å². The molecular weight excluding hydrogens is 665 g/mol. The summed E-state index contributed by atoms with van der Waals surface area (Å²) in [4.78, 5) is 43.5. The Labute approximate surface area is 296 Å². The second kappa shape index (κ2) is 18.0. The van der Waals surface area contributed by atoms with Crippen molar-refractivity contribution in [3.8, 4) is 5.75 Å². The summed E-state index contributed by atoms with van der Waals surface area (Å²) in [7, 11) is 1.74. The fraction of sp³-hybridized carbons (Fsp3) is 0.447. The van der Waals surface area contributed by atoms with Gasteiger partial charge in [-0.1, -0.05) is 37.3 Å². The number of anilines is 2. The van der Waals surface area contributed by atoms with Gasteiger partial charge < -0.3 is 35.0 Å². The lowest BCUT2D eigenvalue weighted by Crippen LogP contribution is -2.48. The maximum atomic E-state index is 14.4. The molecular formula is C38H47F3N4O6. The minimum atomic E-state index is -4.51. The van der Waals surface area contributed by atoms with Crippen molar-refractivity contribution < 1.29 is 42.1 Å². The number of hydrogen-bond donors (Lipinski definition) is 3. The van der Waals surface area contributed by atoms with Gasteiger partial charge in [0, 0.05) is 44.0 Å². The van der Waals surface area contributed by atoms with Crippen LogP contribution >= 0.6 is 0 Å². The van der Waals surface area contributed by atoms with Crippen molar-refractivity contribution in [1.29, 1.82) is 0 Å². The third-order valence-electron chi connectivity index (χ3n) is 8.86. The van der Waals surface area contributed by atoms with Crippen LogP contribution in [-0.2, 0) is 22.1 Å². The van der Waals surface area contributed by atoms with Gasteiger partial charge in [0.05, 0.1) is 42.4 Å². The molecule has 0 aromatic heterocycles. The average molecular weight is 713 g/mol. The lowest BCUT2D eigenvalue weighted by atomic mass is 10.0. The van der Waals surface area contributed by atoms with Crippen LogP contribution in [0.5, 0.6) is 5.75 Å². The number of hydrogen-bond acceptors (Lipinski definition) is 6. The molecule has 3 aromatic carbocycles. The highest BCUT2D eigenvalue weighted by Gasteiger charge is 2.32. The van der Waals surface area contributed by atoms with E-state index in [0.717, 1.165) is 42.7 Å². The number of amides is 4. The van der Waals surface area contributed by atoms with Gasteiger partial charge in [0.15, 0.2) is 0 Å². The van der Waals surface area contributed by atoms with E-state index in [-0.39, 0.29) is 54.4 Å². The molecule has 4 atom stereocenters. The fourth-order valence-corrected chi connectivity index (χ4v) is 5.78. The highest BCUT2D eigenvalue weighted by Crippen LogP contribution is 2.31. The van der Waals surface area contributed by atoms with E-state index in [0.29, 0.717) is 25.3 Å². The Morgan fingerprint density at radius 3 is 2.33 bits per heavy atom. The molecule has 0 radical (unpaired) electrons. The third kappa shape index (κ3) is 11.4. The number of carbonyl (C=O) groups excluding carboxylic acids is 3. The summed E-state index contributed by atoms with van der Waals surface area (Å²) < 4.78 is 51.5. The number of aliphatic hydroxyl groups excluding tert-OH is 1. The average Bonchev–Trinajstić information content (AvgIpc) is 3.09. The quantitative estimate of drug-likeness (QED) is 0.235. The van der Waals surface area contributed by atoms with Gasteiger partial charge in [0.2, 0.25) is 5.91 Å². The van der Waals surface area contributed by atoms with Gasteiger partial charge in [-0.05, 0) is 81.1 Å². The topological polar surface area (TPSA) is 120 Å². The van der Waals surface area contributed by atoms with Crippen LogP contribution in [0.25, 0.3) is 0 Å². The van der Waals surface area contributed by atoms with Crippen molar-refractivity contribution in [1.82, 2.24) is 9.80 Å². The summed E-state index contributed by atoms with van der Waals surface area (Å²) >= 11 is 0. The smallest absolute Gasteiger partial charge is 0.416 e. The molecule has 0 saturated carbocycles. The van der Waals surface area contributed by atoms with E-state index >= 15 is 0 Å². The molecule has 3 N–H and O–H groups in total. The molecule has 276 valence electrons. The van der Waals surface area contributed by atoms with Crippen LogP contribution in [0.2, 0.25) is 0 Å². The number of benzene rings is 3. The molecule has 1 aliphatic rings. The van der Waals surface area contributed by atoms with E-state index in [1.165, 1.54) is 11.0 Å². The van der Waals surface area contributed by atoms with Crippen LogP contribution < -0.4 is 15.4 Å². The lowest BCUT2D eigenvalue weighted by Gasteiger charge is -2.36. The molecule has 4 amide bonds. The number of halogens is 3. The molecule has 10 nitrogen and oxygen atoms in total. The predicted molar refractivity (Wildman–Crippen MR) is 189 cm³/mol. The Morgan fingerprint density at radius 1 is 1.00 bits per heavy atom. The summed E-state index contributed by atoms with van der Waals surface area (Å²) in [6.07, 6.45) is -2.69. The van der Waals surface area contributed by atoms with Crippen molar-refractivity contribution >= 4 is 29.2 Å². The maximum absolute atomic E-state index is 14.4. The molecule has 3 aromatic rings. The number of aliphatic hydroxyl groups is 1. The van der Waals surface area contributed by atoms with Crippen molar-refractivity contribution in [3.05, 3.63) is 89.5 Å². The summed E-state index contributed by atoms with van der Waals surface area (Å²) in [5, 5.41) is 15.4. The van der Waals surface area contributed by atoms with E-state index in [1.54, 1.807) is 31.0 Å². The summed E-state index contributed by atoms with van der Waals surface area (Å²) in [6.45, 7) is 6.21. The molecule has 13 heteroatoms. The van der Waals surface area contributed by atoms with Crippen LogP contribution in [0.1, 0.15) is 61.5 Å². The SMILES string of the molecule is C[C@@H]1CCCCO[C@@H](CN(C)C(=O)Cc2ccccc2)[C@@H](C)CN([C@H](C)CO)C(=O)c2cc(NC(=O)Nc3ccc(C(F)(F)F)cc3)ccc2O1. The zero-order chi connectivity index (χ0) is 37.1. The highest BCUT2D eigenvalue weighted by molar-refractivity contribution is 6.02. The molecule has 0 bridgehead atoms.